The van der Waals surface area contributed by atoms with Gasteiger partial charge in [-0.3, -0.25) is 8.89 Å². The topological polar surface area (TPSA) is 46.9 Å². The highest BCUT2D eigenvalue weighted by Gasteiger charge is 2.02. The molecule has 1 rings (SSSR count). The van der Waals surface area contributed by atoms with Crippen molar-refractivity contribution in [1.29, 1.82) is 0 Å². The van der Waals surface area contributed by atoms with Crippen LogP contribution in [-0.4, -0.2) is 32.5 Å². The second-order valence-corrected chi connectivity index (χ2v) is 5.46. The Morgan fingerprint density at radius 1 is 1.56 bits per heavy atom. The van der Waals surface area contributed by atoms with Gasteiger partial charge in [0.1, 0.15) is 0 Å². The van der Waals surface area contributed by atoms with Crippen molar-refractivity contribution >= 4 is 10.8 Å². The maximum absolute atomic E-state index is 10.8. The van der Waals surface area contributed by atoms with Crippen molar-refractivity contribution in [2.75, 3.05) is 18.6 Å². The van der Waals surface area contributed by atoms with E-state index in [1.807, 2.05) is 11.6 Å². The van der Waals surface area contributed by atoms with Gasteiger partial charge in [0.25, 0.3) is 0 Å². The molecule has 1 N–H and O–H groups in total. The van der Waals surface area contributed by atoms with Gasteiger partial charge >= 0.3 is 0 Å². The highest BCUT2D eigenvalue weighted by molar-refractivity contribution is 7.84. The minimum atomic E-state index is -0.673. The van der Waals surface area contributed by atoms with Crippen molar-refractivity contribution < 1.29 is 4.21 Å². The third-order valence-electron chi connectivity index (χ3n) is 2.38. The van der Waals surface area contributed by atoms with Crippen LogP contribution in [0.3, 0.4) is 0 Å². The molecule has 16 heavy (non-hydrogen) atoms. The summed E-state index contributed by atoms with van der Waals surface area (Å²) in [5.41, 5.74) is 2.28. The molecule has 0 aliphatic carbocycles. The van der Waals surface area contributed by atoms with Crippen LogP contribution >= 0.6 is 0 Å². The molecule has 1 atom stereocenters. The van der Waals surface area contributed by atoms with Gasteiger partial charge in [-0.05, 0) is 32.9 Å². The maximum Gasteiger partial charge on any atom is 0.0597 e. The molecule has 1 unspecified atom stereocenters. The zero-order chi connectivity index (χ0) is 12.0. The Bertz CT molecular complexity index is 349. The van der Waals surface area contributed by atoms with Gasteiger partial charge in [-0.2, -0.15) is 5.10 Å². The van der Waals surface area contributed by atoms with E-state index in [-0.39, 0.29) is 0 Å². The van der Waals surface area contributed by atoms with Crippen LogP contribution < -0.4 is 5.32 Å². The quantitative estimate of drug-likeness (QED) is 0.729. The van der Waals surface area contributed by atoms with Crippen LogP contribution in [0, 0.1) is 6.92 Å². The number of aromatic nitrogens is 2. The van der Waals surface area contributed by atoms with E-state index in [2.05, 4.69) is 23.4 Å². The Morgan fingerprint density at radius 3 is 2.94 bits per heavy atom. The SMILES string of the molecule is CCn1nc(C)cc1CNCCCS(C)=O. The molecule has 0 aromatic carbocycles. The minimum absolute atomic E-state index is 0.673. The fourth-order valence-electron chi connectivity index (χ4n) is 1.63. The first-order valence-corrected chi connectivity index (χ1v) is 7.40. The number of hydrogen-bond donors (Lipinski definition) is 1. The van der Waals surface area contributed by atoms with Crippen LogP contribution in [0.1, 0.15) is 24.7 Å². The van der Waals surface area contributed by atoms with Crippen molar-refractivity contribution in [2.24, 2.45) is 0 Å². The first kappa shape index (κ1) is 13.4. The molecular weight excluding hydrogens is 222 g/mol. The molecule has 5 heteroatoms. The lowest BCUT2D eigenvalue weighted by molar-refractivity contribution is 0.577. The van der Waals surface area contributed by atoms with Gasteiger partial charge in [0.05, 0.1) is 11.4 Å². The zero-order valence-corrected chi connectivity index (χ0v) is 11.1. The van der Waals surface area contributed by atoms with Gasteiger partial charge in [0.2, 0.25) is 0 Å². The Kier molecular flexibility index (Phi) is 5.69. The molecule has 0 aliphatic heterocycles. The highest BCUT2D eigenvalue weighted by atomic mass is 32.2. The van der Waals surface area contributed by atoms with Crippen molar-refractivity contribution in [2.45, 2.75) is 33.4 Å². The number of nitrogens with zero attached hydrogens (tertiary/aromatic N) is 2. The third-order valence-corrected chi connectivity index (χ3v) is 3.24. The second kappa shape index (κ2) is 6.81. The fraction of sp³-hybridized carbons (Fsp3) is 0.727. The first-order chi connectivity index (χ1) is 7.63. The van der Waals surface area contributed by atoms with E-state index < -0.39 is 10.8 Å². The number of nitrogens with one attached hydrogen (secondary N) is 1. The van der Waals surface area contributed by atoms with E-state index in [0.717, 1.165) is 37.5 Å². The van der Waals surface area contributed by atoms with E-state index in [4.69, 9.17) is 0 Å². The lowest BCUT2D eigenvalue weighted by Crippen LogP contribution is -2.19. The largest absolute Gasteiger partial charge is 0.311 e. The molecule has 0 spiro atoms. The fourth-order valence-corrected chi connectivity index (χ4v) is 2.18. The van der Waals surface area contributed by atoms with Gasteiger partial charge in [0, 0.05) is 35.9 Å². The van der Waals surface area contributed by atoms with Crippen LogP contribution in [0.25, 0.3) is 0 Å². The molecule has 0 amide bonds. The molecule has 92 valence electrons. The standard InChI is InChI=1S/C11H21N3OS/c1-4-14-11(8-10(2)13-14)9-12-6-5-7-16(3)15/h8,12H,4-7,9H2,1-3H3. The lowest BCUT2D eigenvalue weighted by atomic mass is 10.3. The molecule has 0 saturated carbocycles. The van der Waals surface area contributed by atoms with Gasteiger partial charge in [-0.1, -0.05) is 0 Å². The molecule has 1 aromatic heterocycles. The summed E-state index contributed by atoms with van der Waals surface area (Å²) in [6, 6.07) is 2.11. The van der Waals surface area contributed by atoms with Gasteiger partial charge in [-0.25, -0.2) is 0 Å². The van der Waals surface area contributed by atoms with E-state index >= 15 is 0 Å². The summed E-state index contributed by atoms with van der Waals surface area (Å²) in [5.74, 6) is 0.777. The van der Waals surface area contributed by atoms with Crippen LogP contribution in [0.15, 0.2) is 6.07 Å². The molecule has 1 aromatic rings. The van der Waals surface area contributed by atoms with Crippen LogP contribution in [0.2, 0.25) is 0 Å². The van der Waals surface area contributed by atoms with E-state index in [1.54, 1.807) is 6.26 Å². The normalized spacial score (nSPS) is 12.9. The molecule has 1 heterocycles. The predicted molar refractivity (Wildman–Crippen MR) is 67.9 cm³/mol. The molecule has 0 bridgehead atoms. The monoisotopic (exact) mass is 243 g/mol. The molecule has 0 aliphatic rings. The maximum atomic E-state index is 10.8. The van der Waals surface area contributed by atoms with Gasteiger partial charge in [-0.15, -0.1) is 0 Å². The minimum Gasteiger partial charge on any atom is -0.311 e. The highest BCUT2D eigenvalue weighted by Crippen LogP contribution is 2.03. The molecular formula is C11H21N3OS. The lowest BCUT2D eigenvalue weighted by Gasteiger charge is -2.06. The Morgan fingerprint density at radius 2 is 2.31 bits per heavy atom. The zero-order valence-electron chi connectivity index (χ0n) is 10.3. The summed E-state index contributed by atoms with van der Waals surface area (Å²) in [6.45, 7) is 6.76. The summed E-state index contributed by atoms with van der Waals surface area (Å²) in [4.78, 5) is 0. The second-order valence-electron chi connectivity index (χ2n) is 3.90. The van der Waals surface area contributed by atoms with E-state index in [9.17, 15) is 4.21 Å². The average Bonchev–Trinajstić information content (AvgIpc) is 2.58. The Hall–Kier alpha value is -0.680. The molecule has 0 saturated heterocycles. The van der Waals surface area contributed by atoms with Gasteiger partial charge < -0.3 is 5.32 Å². The Labute approximate surface area is 99.9 Å². The summed E-state index contributed by atoms with van der Waals surface area (Å²) < 4.78 is 12.9. The third kappa shape index (κ3) is 4.45. The van der Waals surface area contributed by atoms with Crippen LogP contribution in [0.4, 0.5) is 0 Å². The predicted octanol–water partition coefficient (Wildman–Crippen LogP) is 1.07. The summed E-state index contributed by atoms with van der Waals surface area (Å²) in [5, 5.41) is 7.73. The van der Waals surface area contributed by atoms with Crippen molar-refractivity contribution in [3.63, 3.8) is 0 Å². The number of aryl methyl sites for hydroxylation is 2. The average molecular weight is 243 g/mol. The van der Waals surface area contributed by atoms with Gasteiger partial charge in [0.15, 0.2) is 0 Å². The van der Waals surface area contributed by atoms with Crippen LogP contribution in [-0.2, 0) is 23.9 Å². The summed E-state index contributed by atoms with van der Waals surface area (Å²) in [7, 11) is -0.673. The Balaban J connectivity index is 2.28. The van der Waals surface area contributed by atoms with Crippen molar-refractivity contribution in [3.05, 3.63) is 17.5 Å². The molecule has 0 radical (unpaired) electrons. The number of rotatable bonds is 7. The summed E-state index contributed by atoms with van der Waals surface area (Å²) >= 11 is 0. The van der Waals surface area contributed by atoms with E-state index in [1.165, 1.54) is 5.69 Å². The smallest absolute Gasteiger partial charge is 0.0597 e. The number of hydrogen-bond acceptors (Lipinski definition) is 3. The molecule has 0 fully saturated rings. The van der Waals surface area contributed by atoms with Crippen LogP contribution in [0.5, 0.6) is 0 Å². The van der Waals surface area contributed by atoms with Crippen molar-refractivity contribution in [3.8, 4) is 0 Å². The first-order valence-electron chi connectivity index (χ1n) is 5.67. The molecule has 4 nitrogen and oxygen atoms in total. The van der Waals surface area contributed by atoms with E-state index in [0.29, 0.717) is 0 Å². The van der Waals surface area contributed by atoms with Crippen molar-refractivity contribution in [1.82, 2.24) is 15.1 Å². The summed E-state index contributed by atoms with van der Waals surface area (Å²) in [6.07, 6.45) is 2.71.